The van der Waals surface area contributed by atoms with Crippen molar-refractivity contribution in [2.75, 3.05) is 6.54 Å². The molecule has 1 amide bonds. The van der Waals surface area contributed by atoms with Crippen molar-refractivity contribution in [3.8, 4) is 0 Å². The van der Waals surface area contributed by atoms with E-state index in [-0.39, 0.29) is 22.6 Å². The molecule has 6 unspecified atom stereocenters. The van der Waals surface area contributed by atoms with Gasteiger partial charge in [-0.1, -0.05) is 0 Å². The van der Waals surface area contributed by atoms with Crippen molar-refractivity contribution >= 4 is 29.1 Å². The number of hydrogen-bond acceptors (Lipinski definition) is 2. The topological polar surface area (TPSA) is 67.7 Å². The third kappa shape index (κ3) is 5.28. The number of rotatable bonds is 6. The van der Waals surface area contributed by atoms with Crippen LogP contribution >= 0.6 is 23.2 Å². The van der Waals surface area contributed by atoms with Gasteiger partial charge in [-0.25, -0.2) is 0 Å². The summed E-state index contributed by atoms with van der Waals surface area (Å²) in [5.41, 5.74) is 1.79. The zero-order valence-electron chi connectivity index (χ0n) is 19.0. The maximum atomic E-state index is 13.2. The minimum absolute atomic E-state index is 0.00457. The standard InChI is InChI=1S/C24H35Cl2N5O/c1-29-7-3-4-22(29)18-10-17(15-31-9-8-30(2)24(31)27)11-19(13-18)23(32)28-14-16-5-6-20(25)21(26)12-16/h3-4,7-9,16-21,27H,5-6,10-15H2,1-2H3,(H,28,32). The van der Waals surface area contributed by atoms with E-state index in [0.717, 1.165) is 45.1 Å². The third-order valence-electron chi connectivity index (χ3n) is 7.48. The van der Waals surface area contributed by atoms with Crippen molar-refractivity contribution < 1.29 is 4.79 Å². The van der Waals surface area contributed by atoms with E-state index in [0.29, 0.717) is 29.9 Å². The monoisotopic (exact) mass is 479 g/mol. The van der Waals surface area contributed by atoms with E-state index in [1.54, 1.807) is 0 Å². The van der Waals surface area contributed by atoms with Gasteiger partial charge in [-0.3, -0.25) is 10.2 Å². The van der Waals surface area contributed by atoms with Crippen LogP contribution in [0, 0.1) is 23.2 Å². The Morgan fingerprint density at radius 2 is 1.84 bits per heavy atom. The summed E-state index contributed by atoms with van der Waals surface area (Å²) in [7, 11) is 3.98. The van der Waals surface area contributed by atoms with Crippen LogP contribution in [0.4, 0.5) is 0 Å². The second-order valence-electron chi connectivity index (χ2n) is 9.85. The Balaban J connectivity index is 1.43. The van der Waals surface area contributed by atoms with Gasteiger partial charge in [-0.15, -0.1) is 23.2 Å². The van der Waals surface area contributed by atoms with Gasteiger partial charge in [0.2, 0.25) is 11.5 Å². The summed E-state index contributed by atoms with van der Waals surface area (Å²) in [6, 6.07) is 4.26. The predicted molar refractivity (Wildman–Crippen MR) is 128 cm³/mol. The van der Waals surface area contributed by atoms with Gasteiger partial charge in [0.15, 0.2) is 0 Å². The lowest BCUT2D eigenvalue weighted by Crippen LogP contribution is -2.41. The lowest BCUT2D eigenvalue weighted by Gasteiger charge is -2.35. The molecule has 2 heterocycles. The van der Waals surface area contributed by atoms with Crippen LogP contribution in [-0.4, -0.2) is 36.9 Å². The molecule has 2 aliphatic carbocycles. The van der Waals surface area contributed by atoms with Gasteiger partial charge in [0.1, 0.15) is 0 Å². The van der Waals surface area contributed by atoms with Crippen LogP contribution in [-0.2, 0) is 25.4 Å². The van der Waals surface area contributed by atoms with E-state index in [2.05, 4.69) is 35.3 Å². The first kappa shape index (κ1) is 23.5. The Morgan fingerprint density at radius 3 is 2.50 bits per heavy atom. The summed E-state index contributed by atoms with van der Waals surface area (Å²) in [4.78, 5) is 13.2. The first-order chi connectivity index (χ1) is 15.3. The SMILES string of the molecule is Cn1cccc1C1CC(Cn2ccn(C)c2=N)CC(C(=O)NCC2CCC(Cl)C(Cl)C2)C1. The maximum absolute atomic E-state index is 13.2. The Morgan fingerprint density at radius 1 is 1.03 bits per heavy atom. The molecule has 6 atom stereocenters. The molecule has 2 saturated carbocycles. The average Bonchev–Trinajstić information content (AvgIpc) is 3.34. The molecule has 2 fully saturated rings. The Kier molecular flexibility index (Phi) is 7.40. The second-order valence-corrected chi connectivity index (χ2v) is 11.0. The fourth-order valence-electron chi connectivity index (χ4n) is 5.62. The molecule has 6 nitrogen and oxygen atoms in total. The predicted octanol–water partition coefficient (Wildman–Crippen LogP) is 3.98. The van der Waals surface area contributed by atoms with E-state index >= 15 is 0 Å². The smallest absolute Gasteiger partial charge is 0.223 e. The van der Waals surface area contributed by atoms with E-state index in [9.17, 15) is 4.79 Å². The summed E-state index contributed by atoms with van der Waals surface area (Å²) in [5.74, 6) is 1.27. The van der Waals surface area contributed by atoms with Gasteiger partial charge in [0.05, 0.1) is 5.38 Å². The van der Waals surface area contributed by atoms with E-state index < -0.39 is 0 Å². The van der Waals surface area contributed by atoms with Crippen LogP contribution in [0.2, 0.25) is 0 Å². The summed E-state index contributed by atoms with van der Waals surface area (Å²) >= 11 is 12.6. The highest BCUT2D eigenvalue weighted by atomic mass is 35.5. The molecule has 2 N–H and O–H groups in total. The molecule has 2 aromatic heterocycles. The Labute approximate surface area is 200 Å². The van der Waals surface area contributed by atoms with Gasteiger partial charge in [0.25, 0.3) is 0 Å². The second kappa shape index (κ2) is 10.1. The number of carbonyl (C=O) groups excluding carboxylic acids is 1. The zero-order valence-corrected chi connectivity index (χ0v) is 20.5. The molecule has 0 aromatic carbocycles. The van der Waals surface area contributed by atoms with E-state index in [4.69, 9.17) is 28.6 Å². The van der Waals surface area contributed by atoms with Crippen molar-refractivity contribution in [3.63, 3.8) is 0 Å². The van der Waals surface area contributed by atoms with Crippen molar-refractivity contribution in [1.82, 2.24) is 19.0 Å². The molecule has 2 aromatic rings. The molecule has 176 valence electrons. The molecule has 0 radical (unpaired) electrons. The molecule has 2 aliphatic rings. The normalized spacial score (nSPS) is 30.9. The van der Waals surface area contributed by atoms with Gasteiger partial charge >= 0.3 is 0 Å². The van der Waals surface area contributed by atoms with Gasteiger partial charge in [-0.2, -0.15) is 0 Å². The number of nitrogens with zero attached hydrogens (tertiary/aromatic N) is 3. The number of aryl methyl sites for hydroxylation is 2. The average molecular weight is 480 g/mol. The van der Waals surface area contributed by atoms with Crippen molar-refractivity contribution in [1.29, 1.82) is 5.41 Å². The summed E-state index contributed by atoms with van der Waals surface area (Å²) < 4.78 is 6.00. The van der Waals surface area contributed by atoms with Crippen LogP contribution in [0.25, 0.3) is 0 Å². The zero-order chi connectivity index (χ0) is 22.8. The highest BCUT2D eigenvalue weighted by Gasteiger charge is 2.35. The van der Waals surface area contributed by atoms with Gasteiger partial charge in [0, 0.05) is 68.7 Å². The molecule has 0 bridgehead atoms. The third-order valence-corrected chi connectivity index (χ3v) is 8.61. The number of halogens is 2. The lowest BCUT2D eigenvalue weighted by atomic mass is 9.73. The van der Waals surface area contributed by atoms with Crippen molar-refractivity contribution in [2.24, 2.45) is 31.8 Å². The maximum Gasteiger partial charge on any atom is 0.223 e. The lowest BCUT2D eigenvalue weighted by molar-refractivity contribution is -0.127. The number of amides is 1. The number of alkyl halides is 2. The molecular formula is C24H35Cl2N5O. The van der Waals surface area contributed by atoms with Crippen molar-refractivity contribution in [3.05, 3.63) is 42.0 Å². The highest BCUT2D eigenvalue weighted by molar-refractivity contribution is 6.30. The molecule has 4 rings (SSSR count). The number of aromatic nitrogens is 3. The van der Waals surface area contributed by atoms with Crippen LogP contribution < -0.4 is 10.9 Å². The summed E-state index contributed by atoms with van der Waals surface area (Å²) in [5, 5.41) is 11.6. The summed E-state index contributed by atoms with van der Waals surface area (Å²) in [6.07, 6.45) is 11.6. The minimum Gasteiger partial charge on any atom is -0.356 e. The molecular weight excluding hydrogens is 445 g/mol. The number of hydrogen-bond donors (Lipinski definition) is 2. The quantitative estimate of drug-likeness (QED) is 0.604. The van der Waals surface area contributed by atoms with Crippen LogP contribution in [0.1, 0.15) is 50.1 Å². The Bertz CT molecular complexity index is 979. The van der Waals surface area contributed by atoms with Gasteiger partial charge in [-0.05, 0) is 62.5 Å². The Hall–Kier alpha value is -1.66. The fourth-order valence-corrected chi connectivity index (χ4v) is 6.23. The summed E-state index contributed by atoms with van der Waals surface area (Å²) in [6.45, 7) is 1.46. The fraction of sp³-hybridized carbons (Fsp3) is 0.667. The van der Waals surface area contributed by atoms with Crippen LogP contribution in [0.3, 0.4) is 0 Å². The van der Waals surface area contributed by atoms with Crippen LogP contribution in [0.15, 0.2) is 30.7 Å². The molecule has 0 aliphatic heterocycles. The van der Waals surface area contributed by atoms with Crippen LogP contribution in [0.5, 0.6) is 0 Å². The number of carbonyl (C=O) groups is 1. The minimum atomic E-state index is -0.0108. The largest absolute Gasteiger partial charge is 0.356 e. The first-order valence-electron chi connectivity index (χ1n) is 11.7. The number of nitrogens with one attached hydrogen (secondary N) is 2. The first-order valence-corrected chi connectivity index (χ1v) is 12.6. The molecule has 32 heavy (non-hydrogen) atoms. The van der Waals surface area contributed by atoms with E-state index in [1.807, 2.05) is 28.6 Å². The molecule has 0 saturated heterocycles. The molecule has 0 spiro atoms. The number of imidazole rings is 1. The van der Waals surface area contributed by atoms with E-state index in [1.165, 1.54) is 5.69 Å². The van der Waals surface area contributed by atoms with Gasteiger partial charge < -0.3 is 19.0 Å². The van der Waals surface area contributed by atoms with Crippen molar-refractivity contribution in [2.45, 2.75) is 61.7 Å². The highest BCUT2D eigenvalue weighted by Crippen LogP contribution is 2.40. The molecule has 8 heteroatoms.